The zero-order chi connectivity index (χ0) is 18.0. The van der Waals surface area contributed by atoms with Gasteiger partial charge in [-0.15, -0.1) is 13.2 Å². The minimum atomic E-state index is -4.67. The number of rotatable bonds is 4. The lowest BCUT2D eigenvalue weighted by molar-refractivity contribution is -0.274. The van der Waals surface area contributed by atoms with Gasteiger partial charge in [-0.25, -0.2) is 4.98 Å². The highest BCUT2D eigenvalue weighted by atomic mass is 19.4. The molecule has 0 spiro atoms. The quantitative estimate of drug-likeness (QED) is 0.908. The Kier molecular flexibility index (Phi) is 4.69. The lowest BCUT2D eigenvalue weighted by Gasteiger charge is -2.30. The fourth-order valence-electron chi connectivity index (χ4n) is 2.78. The third kappa shape index (κ3) is 4.52. The van der Waals surface area contributed by atoms with Gasteiger partial charge in [-0.05, 0) is 49.6 Å². The van der Waals surface area contributed by atoms with Crippen LogP contribution in [0.5, 0.6) is 5.75 Å². The van der Waals surface area contributed by atoms with Crippen LogP contribution < -0.4 is 15.0 Å². The van der Waals surface area contributed by atoms with E-state index in [1.807, 2.05) is 19.9 Å². The predicted molar refractivity (Wildman–Crippen MR) is 88.7 cm³/mol. The third-order valence-corrected chi connectivity index (χ3v) is 3.81. The highest BCUT2D eigenvalue weighted by molar-refractivity contribution is 5.48. The second kappa shape index (κ2) is 6.78. The molecule has 0 saturated heterocycles. The normalized spacial score (nSPS) is 14.4. The Morgan fingerprint density at radius 3 is 2.72 bits per heavy atom. The Balaban J connectivity index is 1.75. The first-order valence-electron chi connectivity index (χ1n) is 8.02. The fourth-order valence-corrected chi connectivity index (χ4v) is 2.78. The number of aromatic nitrogens is 2. The van der Waals surface area contributed by atoms with Gasteiger partial charge in [-0.1, -0.05) is 6.07 Å². The summed E-state index contributed by atoms with van der Waals surface area (Å²) in [5, 5.41) is 3.16. The van der Waals surface area contributed by atoms with Crippen LogP contribution in [0.25, 0.3) is 0 Å². The maximum absolute atomic E-state index is 12.3. The van der Waals surface area contributed by atoms with E-state index >= 15 is 0 Å². The van der Waals surface area contributed by atoms with E-state index in [2.05, 4.69) is 24.9 Å². The van der Waals surface area contributed by atoms with Gasteiger partial charge < -0.3 is 15.0 Å². The Hall–Kier alpha value is -2.51. The van der Waals surface area contributed by atoms with E-state index in [4.69, 9.17) is 0 Å². The van der Waals surface area contributed by atoms with Crippen molar-refractivity contribution in [3.05, 3.63) is 41.6 Å². The monoisotopic (exact) mass is 352 g/mol. The molecule has 0 aliphatic carbocycles. The van der Waals surface area contributed by atoms with Gasteiger partial charge in [-0.3, -0.25) is 0 Å². The summed E-state index contributed by atoms with van der Waals surface area (Å²) in [5.41, 5.74) is 1.84. The number of nitrogens with zero attached hydrogens (tertiary/aromatic N) is 3. The van der Waals surface area contributed by atoms with Crippen molar-refractivity contribution in [1.29, 1.82) is 0 Å². The lowest BCUT2D eigenvalue weighted by Crippen LogP contribution is -2.31. The minimum absolute atomic E-state index is 0.176. The summed E-state index contributed by atoms with van der Waals surface area (Å²) in [7, 11) is 0. The molecule has 1 aromatic heterocycles. The van der Waals surface area contributed by atoms with Gasteiger partial charge in [0.15, 0.2) is 0 Å². The number of hydrogen-bond acceptors (Lipinski definition) is 5. The Labute approximate surface area is 143 Å². The molecule has 3 rings (SSSR count). The summed E-state index contributed by atoms with van der Waals surface area (Å²) >= 11 is 0. The Morgan fingerprint density at radius 1 is 1.20 bits per heavy atom. The smallest absolute Gasteiger partial charge is 0.406 e. The number of alkyl halides is 3. The molecular weight excluding hydrogens is 333 g/mol. The van der Waals surface area contributed by atoms with Crippen molar-refractivity contribution in [1.82, 2.24) is 9.97 Å². The molecule has 1 N–H and O–H groups in total. The Morgan fingerprint density at radius 2 is 2.00 bits per heavy atom. The van der Waals surface area contributed by atoms with Crippen molar-refractivity contribution in [3.8, 4) is 5.75 Å². The molecule has 134 valence electrons. The van der Waals surface area contributed by atoms with Crippen LogP contribution in [0.2, 0.25) is 0 Å². The summed E-state index contributed by atoms with van der Waals surface area (Å²) in [6.07, 6.45) is -2.35. The van der Waals surface area contributed by atoms with Gasteiger partial charge in [0.25, 0.3) is 0 Å². The highest BCUT2D eigenvalue weighted by Crippen LogP contribution is 2.29. The second-order valence-corrected chi connectivity index (χ2v) is 6.19. The lowest BCUT2D eigenvalue weighted by atomic mass is 9.99. The second-order valence-electron chi connectivity index (χ2n) is 6.19. The molecule has 0 saturated carbocycles. The van der Waals surface area contributed by atoms with E-state index in [9.17, 15) is 13.2 Å². The van der Waals surface area contributed by atoms with Gasteiger partial charge in [-0.2, -0.15) is 4.98 Å². The maximum Gasteiger partial charge on any atom is 0.573 e. The molecule has 1 aliphatic rings. The summed E-state index contributed by atoms with van der Waals surface area (Å²) in [4.78, 5) is 10.8. The molecule has 1 aromatic carbocycles. The van der Waals surface area contributed by atoms with Crippen molar-refractivity contribution in [2.75, 3.05) is 16.8 Å². The van der Waals surface area contributed by atoms with E-state index in [0.29, 0.717) is 25.5 Å². The first-order valence-corrected chi connectivity index (χ1v) is 8.02. The molecule has 0 bridgehead atoms. The summed E-state index contributed by atoms with van der Waals surface area (Å²) in [5.74, 6) is 1.18. The van der Waals surface area contributed by atoms with Crippen LogP contribution in [0, 0.1) is 0 Å². The molecule has 0 amide bonds. The molecule has 25 heavy (non-hydrogen) atoms. The number of anilines is 2. The van der Waals surface area contributed by atoms with Crippen LogP contribution in [-0.2, 0) is 13.0 Å². The van der Waals surface area contributed by atoms with Crippen LogP contribution in [-0.4, -0.2) is 28.9 Å². The number of benzene rings is 1. The molecule has 2 heterocycles. The highest BCUT2D eigenvalue weighted by Gasteiger charge is 2.31. The predicted octanol–water partition coefficient (Wildman–Crippen LogP) is 3.76. The van der Waals surface area contributed by atoms with E-state index in [1.54, 1.807) is 12.3 Å². The number of halogens is 3. The molecule has 0 radical (unpaired) electrons. The molecule has 1 aliphatic heterocycles. The van der Waals surface area contributed by atoms with E-state index in [0.717, 1.165) is 16.9 Å². The van der Waals surface area contributed by atoms with Gasteiger partial charge >= 0.3 is 6.36 Å². The number of ether oxygens (including phenoxy) is 1. The summed E-state index contributed by atoms with van der Waals surface area (Å²) < 4.78 is 41.0. The van der Waals surface area contributed by atoms with Crippen LogP contribution in [0.1, 0.15) is 25.0 Å². The summed E-state index contributed by atoms with van der Waals surface area (Å²) in [6, 6.07) is 6.55. The molecule has 5 nitrogen and oxygen atoms in total. The van der Waals surface area contributed by atoms with Gasteiger partial charge in [0, 0.05) is 25.3 Å². The first kappa shape index (κ1) is 17.3. The minimum Gasteiger partial charge on any atom is -0.406 e. The number of hydrogen-bond donors (Lipinski definition) is 1. The number of fused-ring (bicyclic) bond motifs is 1. The van der Waals surface area contributed by atoms with Crippen molar-refractivity contribution >= 4 is 11.8 Å². The van der Waals surface area contributed by atoms with Crippen LogP contribution in [0.15, 0.2) is 30.5 Å². The Bertz CT molecular complexity index is 749. The van der Waals surface area contributed by atoms with Crippen molar-refractivity contribution in [3.63, 3.8) is 0 Å². The first-order chi connectivity index (χ1) is 11.8. The average Bonchev–Trinajstić information content (AvgIpc) is 2.52. The van der Waals surface area contributed by atoms with E-state index in [1.165, 1.54) is 12.1 Å². The zero-order valence-electron chi connectivity index (χ0n) is 14.0. The molecule has 8 heteroatoms. The topological polar surface area (TPSA) is 50.3 Å². The van der Waals surface area contributed by atoms with Crippen LogP contribution in [0.3, 0.4) is 0 Å². The maximum atomic E-state index is 12.3. The molecule has 0 fully saturated rings. The van der Waals surface area contributed by atoms with E-state index in [-0.39, 0.29) is 11.8 Å². The standard InChI is InChI=1S/C17H19F3N4O/c1-11(2)22-16-21-7-5-15(23-16)24-8-6-12-9-14(25-17(18,19)20)4-3-13(12)10-24/h3-5,7,9,11H,6,8,10H2,1-2H3,(H,21,22,23). The van der Waals surface area contributed by atoms with Gasteiger partial charge in [0.05, 0.1) is 0 Å². The fraction of sp³-hybridized carbons (Fsp3) is 0.412. The zero-order valence-corrected chi connectivity index (χ0v) is 14.0. The van der Waals surface area contributed by atoms with Crippen LogP contribution >= 0.6 is 0 Å². The van der Waals surface area contributed by atoms with Gasteiger partial charge in [0.1, 0.15) is 11.6 Å². The molecular formula is C17H19F3N4O. The van der Waals surface area contributed by atoms with E-state index < -0.39 is 6.36 Å². The van der Waals surface area contributed by atoms with Crippen molar-refractivity contribution in [2.45, 2.75) is 39.2 Å². The SMILES string of the molecule is CC(C)Nc1nccc(N2CCc3cc(OC(F)(F)F)ccc3C2)n1. The van der Waals surface area contributed by atoms with Crippen molar-refractivity contribution in [2.24, 2.45) is 0 Å². The van der Waals surface area contributed by atoms with Crippen molar-refractivity contribution < 1.29 is 17.9 Å². The molecule has 2 aromatic rings. The van der Waals surface area contributed by atoms with Gasteiger partial charge in [0.2, 0.25) is 5.95 Å². The molecule has 0 unspecified atom stereocenters. The summed E-state index contributed by atoms with van der Waals surface area (Å²) in [6.45, 7) is 5.27. The van der Waals surface area contributed by atoms with Crippen LogP contribution in [0.4, 0.5) is 24.9 Å². The number of nitrogens with one attached hydrogen (secondary N) is 1. The third-order valence-electron chi connectivity index (χ3n) is 3.81. The largest absolute Gasteiger partial charge is 0.573 e. The average molecular weight is 352 g/mol. The molecule has 0 atom stereocenters.